The van der Waals surface area contributed by atoms with Crippen LogP contribution in [0.25, 0.3) is 0 Å². The van der Waals surface area contributed by atoms with Gasteiger partial charge in [0.1, 0.15) is 0 Å². The molecule has 8 heteroatoms. The van der Waals surface area contributed by atoms with Crippen LogP contribution in [0.4, 0.5) is 8.78 Å². The third-order valence-electron chi connectivity index (χ3n) is 3.69. The lowest BCUT2D eigenvalue weighted by atomic mass is 9.93. The Hall–Kier alpha value is -0.760. The van der Waals surface area contributed by atoms with Crippen LogP contribution in [0.15, 0.2) is 23.1 Å². The molecule has 1 saturated heterocycles. The predicted octanol–water partition coefficient (Wildman–Crippen LogP) is 2.13. The zero-order valence-electron chi connectivity index (χ0n) is 11.6. The van der Waals surface area contributed by atoms with Crippen molar-refractivity contribution in [2.24, 2.45) is 11.7 Å². The van der Waals surface area contributed by atoms with E-state index in [1.165, 1.54) is 4.31 Å². The molecule has 0 aliphatic carbocycles. The van der Waals surface area contributed by atoms with E-state index in [4.69, 9.17) is 5.73 Å². The summed E-state index contributed by atoms with van der Waals surface area (Å²) in [6.07, 6.45) is 1.59. The molecule has 0 aromatic heterocycles. The van der Waals surface area contributed by atoms with Crippen molar-refractivity contribution in [3.8, 4) is 0 Å². The fourth-order valence-corrected chi connectivity index (χ4v) is 3.96. The van der Waals surface area contributed by atoms with E-state index in [1.54, 1.807) is 0 Å². The Bertz CT molecular complexity index is 596. The summed E-state index contributed by atoms with van der Waals surface area (Å²) in [4.78, 5) is -0.221. The molecule has 1 fully saturated rings. The van der Waals surface area contributed by atoms with Crippen LogP contribution in [-0.2, 0) is 10.0 Å². The van der Waals surface area contributed by atoms with Crippen molar-refractivity contribution in [1.29, 1.82) is 0 Å². The minimum atomic E-state index is -3.80. The Labute approximate surface area is 129 Å². The van der Waals surface area contributed by atoms with Gasteiger partial charge in [-0.1, -0.05) is 0 Å². The van der Waals surface area contributed by atoms with Crippen molar-refractivity contribution in [1.82, 2.24) is 4.31 Å². The predicted molar refractivity (Wildman–Crippen MR) is 78.7 cm³/mol. The van der Waals surface area contributed by atoms with E-state index in [-0.39, 0.29) is 29.3 Å². The Morgan fingerprint density at radius 3 is 2.57 bits per heavy atom. The van der Waals surface area contributed by atoms with Crippen LogP contribution in [0.2, 0.25) is 0 Å². The van der Waals surface area contributed by atoms with E-state index >= 15 is 0 Å². The van der Waals surface area contributed by atoms with Crippen LogP contribution in [0.3, 0.4) is 0 Å². The first-order valence-electron chi connectivity index (χ1n) is 6.53. The van der Waals surface area contributed by atoms with Crippen molar-refractivity contribution in [2.45, 2.75) is 30.7 Å². The zero-order valence-corrected chi connectivity index (χ0v) is 13.3. The number of benzene rings is 1. The van der Waals surface area contributed by atoms with E-state index in [9.17, 15) is 17.2 Å². The maximum absolute atomic E-state index is 13.2. The van der Waals surface area contributed by atoms with Crippen molar-refractivity contribution >= 4 is 22.4 Å². The van der Waals surface area contributed by atoms with Gasteiger partial charge in [-0.25, -0.2) is 17.2 Å². The Morgan fingerprint density at radius 2 is 2.00 bits per heavy atom. The van der Waals surface area contributed by atoms with E-state index in [1.807, 2.05) is 6.92 Å². The van der Waals surface area contributed by atoms with Crippen LogP contribution >= 0.6 is 12.4 Å². The van der Waals surface area contributed by atoms with Gasteiger partial charge in [0.25, 0.3) is 0 Å². The van der Waals surface area contributed by atoms with Gasteiger partial charge in [-0.05, 0) is 43.9 Å². The van der Waals surface area contributed by atoms with Gasteiger partial charge in [0, 0.05) is 19.1 Å². The highest BCUT2D eigenvalue weighted by Crippen LogP contribution is 2.25. The van der Waals surface area contributed by atoms with Gasteiger partial charge in [0.2, 0.25) is 10.0 Å². The lowest BCUT2D eigenvalue weighted by Crippen LogP contribution is -2.44. The number of rotatable bonds is 3. The summed E-state index contributed by atoms with van der Waals surface area (Å²) in [5.41, 5.74) is 5.82. The number of nitrogens with two attached hydrogens (primary N) is 1. The molecule has 1 aliphatic heterocycles. The van der Waals surface area contributed by atoms with Gasteiger partial charge in [0.05, 0.1) is 4.90 Å². The van der Waals surface area contributed by atoms with Crippen LogP contribution in [0.1, 0.15) is 19.8 Å². The molecule has 2 atom stereocenters. The number of nitrogens with zero attached hydrogens (tertiary/aromatic N) is 1. The van der Waals surface area contributed by atoms with Gasteiger partial charge >= 0.3 is 0 Å². The standard InChI is InChI=1S/C13H18F2N2O2S.ClH/c1-9(16)10-3-2-6-17(8-10)20(18,19)11-4-5-12(14)13(15)7-11;/h4-5,7,9-10H,2-3,6,8,16H2,1H3;1H. The molecule has 1 aromatic carbocycles. The first kappa shape index (κ1) is 18.3. The highest BCUT2D eigenvalue weighted by molar-refractivity contribution is 7.89. The van der Waals surface area contributed by atoms with Gasteiger partial charge in [-0.2, -0.15) is 4.31 Å². The van der Waals surface area contributed by atoms with Crippen molar-refractivity contribution in [3.63, 3.8) is 0 Å². The topological polar surface area (TPSA) is 63.4 Å². The van der Waals surface area contributed by atoms with Crippen molar-refractivity contribution < 1.29 is 17.2 Å². The summed E-state index contributed by atoms with van der Waals surface area (Å²) in [5, 5.41) is 0. The molecule has 120 valence electrons. The molecular formula is C13H19ClF2N2O2S. The summed E-state index contributed by atoms with van der Waals surface area (Å²) in [7, 11) is -3.80. The number of hydrogen-bond acceptors (Lipinski definition) is 3. The normalized spacial score (nSPS) is 21.6. The number of sulfonamides is 1. The Morgan fingerprint density at radius 1 is 1.33 bits per heavy atom. The molecule has 1 aliphatic rings. The summed E-state index contributed by atoms with van der Waals surface area (Å²) in [5.74, 6) is -2.13. The fraction of sp³-hybridized carbons (Fsp3) is 0.538. The number of piperidine rings is 1. The first-order chi connectivity index (χ1) is 9.32. The maximum atomic E-state index is 13.2. The summed E-state index contributed by atoms with van der Waals surface area (Å²) >= 11 is 0. The second-order valence-corrected chi connectivity index (χ2v) is 7.14. The molecule has 0 bridgehead atoms. The highest BCUT2D eigenvalue weighted by Gasteiger charge is 2.31. The summed E-state index contributed by atoms with van der Waals surface area (Å²) in [6, 6.07) is 2.54. The molecule has 2 unspecified atom stereocenters. The molecule has 0 amide bonds. The number of halogens is 3. The molecule has 2 N–H and O–H groups in total. The highest BCUT2D eigenvalue weighted by atomic mass is 35.5. The number of hydrogen-bond donors (Lipinski definition) is 1. The molecule has 0 saturated carbocycles. The zero-order chi connectivity index (χ0) is 14.9. The third-order valence-corrected chi connectivity index (χ3v) is 5.55. The van der Waals surface area contributed by atoms with Crippen LogP contribution in [0, 0.1) is 17.6 Å². The second kappa shape index (κ2) is 7.00. The van der Waals surface area contributed by atoms with Crippen molar-refractivity contribution in [3.05, 3.63) is 29.8 Å². The molecule has 1 aromatic rings. The minimum Gasteiger partial charge on any atom is -0.328 e. The molecule has 21 heavy (non-hydrogen) atoms. The molecular weight excluding hydrogens is 322 g/mol. The smallest absolute Gasteiger partial charge is 0.243 e. The molecule has 0 spiro atoms. The molecule has 0 radical (unpaired) electrons. The monoisotopic (exact) mass is 340 g/mol. The second-order valence-electron chi connectivity index (χ2n) is 5.20. The first-order valence-corrected chi connectivity index (χ1v) is 7.97. The SMILES string of the molecule is CC(N)C1CCCN(S(=O)(=O)c2ccc(F)c(F)c2)C1.Cl. The lowest BCUT2D eigenvalue weighted by Gasteiger charge is -2.33. The largest absolute Gasteiger partial charge is 0.328 e. The third kappa shape index (κ3) is 3.91. The van der Waals surface area contributed by atoms with Crippen LogP contribution < -0.4 is 5.73 Å². The van der Waals surface area contributed by atoms with Gasteiger partial charge in [0.15, 0.2) is 11.6 Å². The van der Waals surface area contributed by atoms with E-state index in [0.717, 1.165) is 31.0 Å². The molecule has 2 rings (SSSR count). The van der Waals surface area contributed by atoms with Gasteiger partial charge < -0.3 is 5.73 Å². The molecule has 4 nitrogen and oxygen atoms in total. The van der Waals surface area contributed by atoms with Gasteiger partial charge in [-0.3, -0.25) is 0 Å². The van der Waals surface area contributed by atoms with E-state index in [2.05, 4.69) is 0 Å². The summed E-state index contributed by atoms with van der Waals surface area (Å²) < 4.78 is 52.2. The minimum absolute atomic E-state index is 0. The Balaban J connectivity index is 0.00000220. The average Bonchev–Trinajstić information content (AvgIpc) is 2.42. The fourth-order valence-electron chi connectivity index (χ4n) is 2.41. The summed E-state index contributed by atoms with van der Waals surface area (Å²) in [6.45, 7) is 2.54. The van der Waals surface area contributed by atoms with Gasteiger partial charge in [-0.15, -0.1) is 12.4 Å². The average molecular weight is 341 g/mol. The lowest BCUT2D eigenvalue weighted by molar-refractivity contribution is 0.243. The molecule has 1 heterocycles. The van der Waals surface area contributed by atoms with E-state index in [0.29, 0.717) is 13.1 Å². The quantitative estimate of drug-likeness (QED) is 0.916. The van der Waals surface area contributed by atoms with Crippen molar-refractivity contribution in [2.75, 3.05) is 13.1 Å². The van der Waals surface area contributed by atoms with E-state index < -0.39 is 21.7 Å². The Kier molecular flexibility index (Phi) is 6.10. The van der Waals surface area contributed by atoms with Crippen LogP contribution in [0.5, 0.6) is 0 Å². The maximum Gasteiger partial charge on any atom is 0.243 e. The van der Waals surface area contributed by atoms with Crippen LogP contribution in [-0.4, -0.2) is 31.9 Å².